The Labute approximate surface area is 752 Å². The molecule has 8 aromatic heterocycles. The highest BCUT2D eigenvalue weighted by molar-refractivity contribution is 9.10. The van der Waals surface area contributed by atoms with Gasteiger partial charge >= 0.3 is 6.18 Å². The number of nitrogens with one attached hydrogen (secondary N) is 8. The van der Waals surface area contributed by atoms with E-state index >= 15 is 0 Å². The summed E-state index contributed by atoms with van der Waals surface area (Å²) in [7, 11) is 0. The Balaban J connectivity index is 0.000000164. The van der Waals surface area contributed by atoms with Gasteiger partial charge in [-0.2, -0.15) is 33.6 Å². The van der Waals surface area contributed by atoms with Gasteiger partial charge in [-0.1, -0.05) is 59.1 Å². The molecule has 8 N–H and O–H groups in total. The maximum Gasteiger partial charge on any atom is 0.435 e. The number of nitrogens with zero attached hydrogens (tertiary/aromatic N) is 16. The number of anilines is 4. The molecule has 0 atom stereocenters. The van der Waals surface area contributed by atoms with Crippen molar-refractivity contribution >= 4 is 159 Å². The molecule has 42 heteroatoms. The zero-order chi connectivity index (χ0) is 92.2. The molecule has 2 saturated carbocycles. The van der Waals surface area contributed by atoms with Crippen LogP contribution in [0.25, 0.3) is 42.7 Å². The Kier molecular flexibility index (Phi) is 29.7. The van der Waals surface area contributed by atoms with Crippen LogP contribution in [0.2, 0.25) is 15.2 Å². The summed E-state index contributed by atoms with van der Waals surface area (Å²) < 4.78 is 73.3. The van der Waals surface area contributed by atoms with E-state index in [1.54, 1.807) is 97.1 Å². The Morgan fingerprint density at radius 2 is 0.701 bits per heavy atom. The molecular weight excluding hydrogens is 1850 g/mol. The fourth-order valence-corrected chi connectivity index (χ4v) is 13.4. The molecule has 32 nitrogen and oxygen atoms in total. The second-order valence-electron chi connectivity index (χ2n) is 28.6. The fourth-order valence-electron chi connectivity index (χ4n) is 12.1. The van der Waals surface area contributed by atoms with E-state index in [-0.39, 0.29) is 115 Å². The minimum absolute atomic E-state index is 0.00773. The third-order valence-electron chi connectivity index (χ3n) is 18.1. The lowest BCUT2D eigenvalue weighted by atomic mass is 10.0. The van der Waals surface area contributed by atoms with Crippen LogP contribution < -0.4 is 42.5 Å². The summed E-state index contributed by atoms with van der Waals surface area (Å²) in [4.78, 5) is 133. The lowest BCUT2D eigenvalue weighted by Gasteiger charge is -2.16. The SMILES string of the molecule is [C-]#[N+]c1cc(C)c(NC(=O)c2cc(Br)nn2-c2ncccc2Cl)c(C(=O)NC2CC2)c1.[C-]#[N+]c1cc(C)c(NC(=O)c2cc(Br)nn2-c2ncccc2F)c(C(=O)NC(C)C)c1.[C-]#[N+]c1cc(C)c(NC(=O)c2cc(C(F)(F)F)nn2-c2ncccc2F)c(C(=O)NC(C)C)c1.[C-]#[N+]c1cc(C)c(NC(=O)c2cc(Cl)nn2-c2ncccc2Cl)c(C(=O)NC2CC2)c1. The van der Waals surface area contributed by atoms with Gasteiger partial charge in [0.05, 0.1) is 81.3 Å². The number of amides is 8. The van der Waals surface area contributed by atoms with Crippen molar-refractivity contribution in [3.63, 3.8) is 0 Å². The number of pyridine rings is 4. The third kappa shape index (κ3) is 22.9. The van der Waals surface area contributed by atoms with Crippen LogP contribution in [-0.4, -0.2) is 130 Å². The Hall–Kier alpha value is -14.5. The summed E-state index contributed by atoms with van der Waals surface area (Å²) in [6.45, 7) is 42.7. The fraction of sp³-hybridized carbons (Fsp3) is 0.200. The van der Waals surface area contributed by atoms with Crippen LogP contribution in [0.5, 0.6) is 0 Å². The minimum Gasteiger partial charge on any atom is -0.350 e. The Bertz CT molecular complexity index is 6130. The quantitative estimate of drug-likeness (QED) is 0.0260. The number of aromatic nitrogens is 12. The average Bonchev–Trinajstić information content (AvgIpc) is 1.67. The number of hydrogen-bond acceptors (Lipinski definition) is 16. The Morgan fingerprint density at radius 3 is 1.01 bits per heavy atom. The van der Waals surface area contributed by atoms with Crippen molar-refractivity contribution in [3.8, 4) is 23.3 Å². The van der Waals surface area contributed by atoms with E-state index in [1.165, 1.54) is 95.4 Å². The van der Waals surface area contributed by atoms with Crippen molar-refractivity contribution in [1.82, 2.24) is 80.3 Å². The van der Waals surface area contributed by atoms with Gasteiger partial charge in [-0.3, -0.25) is 38.4 Å². The highest BCUT2D eigenvalue weighted by atomic mass is 79.9. The summed E-state index contributed by atoms with van der Waals surface area (Å²) in [5, 5.41) is 38.4. The van der Waals surface area contributed by atoms with Crippen LogP contribution in [0, 0.1) is 65.6 Å². The van der Waals surface area contributed by atoms with Crippen molar-refractivity contribution in [2.75, 3.05) is 21.3 Å². The molecule has 0 saturated heterocycles. The molecule has 8 heterocycles. The van der Waals surface area contributed by atoms with E-state index in [1.807, 2.05) is 0 Å². The summed E-state index contributed by atoms with van der Waals surface area (Å²) in [5.41, 5.74) is 2.70. The maximum atomic E-state index is 14.3. The number of benzene rings is 4. The van der Waals surface area contributed by atoms with Gasteiger partial charge in [0.15, 0.2) is 68.5 Å². The van der Waals surface area contributed by atoms with Crippen molar-refractivity contribution < 1.29 is 60.3 Å². The van der Waals surface area contributed by atoms with Gasteiger partial charge in [0, 0.05) is 73.2 Å². The van der Waals surface area contributed by atoms with E-state index < -0.39 is 70.5 Å². The van der Waals surface area contributed by atoms with Crippen LogP contribution in [0.3, 0.4) is 0 Å². The van der Waals surface area contributed by atoms with E-state index in [0.29, 0.717) is 80.8 Å². The van der Waals surface area contributed by atoms with Gasteiger partial charge in [-0.15, -0.1) is 0 Å². The van der Waals surface area contributed by atoms with Crippen molar-refractivity contribution in [2.24, 2.45) is 0 Å². The first-order valence-electron chi connectivity index (χ1n) is 37.8. The number of hydrogen-bond donors (Lipinski definition) is 8. The van der Waals surface area contributed by atoms with Crippen molar-refractivity contribution in [2.45, 2.75) is 111 Å². The smallest absolute Gasteiger partial charge is 0.350 e. The van der Waals surface area contributed by atoms with Gasteiger partial charge in [0.1, 0.15) is 32.0 Å². The van der Waals surface area contributed by atoms with Crippen LogP contribution in [0.4, 0.5) is 67.5 Å². The van der Waals surface area contributed by atoms with Gasteiger partial charge in [0.25, 0.3) is 47.3 Å². The van der Waals surface area contributed by atoms with E-state index in [0.717, 1.165) is 42.6 Å². The first kappa shape index (κ1) is 93.2. The highest BCUT2D eigenvalue weighted by Gasteiger charge is 2.38. The molecule has 646 valence electrons. The second-order valence-corrected chi connectivity index (χ2v) is 31.4. The van der Waals surface area contributed by atoms with Gasteiger partial charge in [0.2, 0.25) is 0 Å². The molecule has 0 unspecified atom stereocenters. The van der Waals surface area contributed by atoms with Gasteiger partial charge < -0.3 is 42.5 Å². The molecule has 8 amide bonds. The highest BCUT2D eigenvalue weighted by Crippen LogP contribution is 2.37. The number of carbonyl (C=O) groups is 8. The number of aryl methyl sites for hydroxylation is 4. The number of carbonyl (C=O) groups excluding carboxylic acids is 8. The summed E-state index contributed by atoms with van der Waals surface area (Å²) in [5.74, 6) is -6.32. The molecule has 2 aliphatic rings. The van der Waals surface area contributed by atoms with E-state index in [2.05, 4.69) is 134 Å². The van der Waals surface area contributed by atoms with Crippen molar-refractivity contribution in [1.29, 1.82) is 0 Å². The van der Waals surface area contributed by atoms with E-state index in [4.69, 9.17) is 61.1 Å². The normalized spacial score (nSPS) is 11.9. The van der Waals surface area contributed by atoms with Crippen LogP contribution in [0.15, 0.2) is 155 Å². The predicted octanol–water partition coefficient (Wildman–Crippen LogP) is 18.4. The maximum absolute atomic E-state index is 14.3. The number of halogens is 10. The molecule has 4 aromatic carbocycles. The Morgan fingerprint density at radius 1 is 0.409 bits per heavy atom. The molecule has 14 rings (SSSR count). The van der Waals surface area contributed by atoms with Crippen LogP contribution >= 0.6 is 66.7 Å². The molecule has 0 aliphatic heterocycles. The predicted molar refractivity (Wildman–Crippen MR) is 469 cm³/mol. The summed E-state index contributed by atoms with van der Waals surface area (Å²) in [6, 6.07) is 27.9. The molecule has 12 aromatic rings. The lowest BCUT2D eigenvalue weighted by molar-refractivity contribution is -0.141. The molecule has 127 heavy (non-hydrogen) atoms. The van der Waals surface area contributed by atoms with Gasteiger partial charge in [-0.05, 0) is 208 Å². The minimum atomic E-state index is -4.92. The lowest BCUT2D eigenvalue weighted by Crippen LogP contribution is -2.31. The molecule has 0 radical (unpaired) electrons. The number of alkyl halides is 3. The van der Waals surface area contributed by atoms with Gasteiger partial charge in [-0.25, -0.2) is 66.8 Å². The largest absolute Gasteiger partial charge is 0.435 e. The standard InChI is InChI=1S/C22H18F4N6O2.C21H16BrClN6O2.C21H18BrFN6O2.C21H16Cl2N6O2/c1-11(2)29-20(33)14-9-13(27-4)8-12(3)18(14)30-21(34)16-10-17(22(24,25)26)31-32(16)19-15(23)6-5-7-28-19;1-11-8-13(24-2)9-14(20(30)26-12-5-6-12)18(11)27-21(31)16-10-17(22)28-29(16)19-15(23)4-3-7-25-19;1-11(2)26-20(30)14-9-13(24-4)8-12(3)18(14)27-21(31)16-10-17(22)28-29(16)19-15(23)6-5-7-25-19;1-11-8-13(24-2)9-14(20(30)26-12-5-6-12)18(11)27-21(31)16-10-17(23)28-29(16)19-15(22)4-3-7-25-19/h5-11H,1-3H3,(H,29,33)(H,30,34);3-4,7-10,12H,5-6H2,1H3,(H,26,30)(H,27,31);5-11H,1-3H3,(H,26,30)(H,27,31);3-4,7-10,12H,5-6H2,1H3,(H,26,30)(H,27,31). The zero-order valence-corrected chi connectivity index (χ0v) is 73.1. The molecule has 0 spiro atoms. The average molecular weight is 1910 g/mol. The number of rotatable bonds is 20. The summed E-state index contributed by atoms with van der Waals surface area (Å²) >= 11 is 25.0. The molecular formula is C85H68Br2Cl3F5N24O8. The third-order valence-corrected chi connectivity index (χ3v) is 19.7. The second kappa shape index (κ2) is 40.4. The topological polar surface area (TPSA) is 373 Å². The first-order chi connectivity index (χ1) is 60.4. The zero-order valence-electron chi connectivity index (χ0n) is 67.7. The van der Waals surface area contributed by atoms with E-state index in [9.17, 15) is 60.3 Å². The van der Waals surface area contributed by atoms with Crippen LogP contribution in [0.1, 0.15) is 165 Å². The van der Waals surface area contributed by atoms with Crippen LogP contribution in [-0.2, 0) is 6.18 Å². The molecule has 2 aliphatic carbocycles. The summed E-state index contributed by atoms with van der Waals surface area (Å²) in [6.07, 6.45) is 4.35. The monoisotopic (exact) mass is 1910 g/mol. The first-order valence-corrected chi connectivity index (χ1v) is 40.5. The molecule has 0 bridgehead atoms. The van der Waals surface area contributed by atoms with Crippen molar-refractivity contribution in [3.05, 3.63) is 301 Å². The molecule has 2 fully saturated rings.